The van der Waals surface area contributed by atoms with Gasteiger partial charge in [-0.2, -0.15) is 0 Å². The van der Waals surface area contributed by atoms with Gasteiger partial charge >= 0.3 is 5.97 Å². The summed E-state index contributed by atoms with van der Waals surface area (Å²) < 4.78 is 21.8. The molecule has 0 amide bonds. The lowest BCUT2D eigenvalue weighted by atomic mass is 10.0. The van der Waals surface area contributed by atoms with Crippen LogP contribution in [0, 0.1) is 13.8 Å². The van der Waals surface area contributed by atoms with Crippen molar-refractivity contribution in [3.05, 3.63) is 23.6 Å². The number of aromatic amines is 1. The minimum absolute atomic E-state index is 0.0244. The Bertz CT molecular complexity index is 1080. The second kappa shape index (κ2) is 8.57. The van der Waals surface area contributed by atoms with E-state index in [0.29, 0.717) is 27.6 Å². The molecule has 4 rings (SSSR count). The van der Waals surface area contributed by atoms with Gasteiger partial charge in [0.25, 0.3) is 0 Å². The Kier molecular flexibility index (Phi) is 5.87. The highest BCUT2D eigenvalue weighted by Gasteiger charge is 2.22. The monoisotopic (exact) mass is 431 g/mol. The topological polar surface area (TPSA) is 133 Å². The molecule has 2 aromatic heterocycles. The van der Waals surface area contributed by atoms with Crippen LogP contribution in [0.4, 0.5) is 5.95 Å². The molecular weight excluding hydrogens is 406 g/mol. The molecule has 3 aromatic rings. The predicted molar refractivity (Wildman–Crippen MR) is 114 cm³/mol. The van der Waals surface area contributed by atoms with Crippen molar-refractivity contribution in [2.75, 3.05) is 11.9 Å². The number of rotatable bonds is 8. The standard InChI is InChI=1S/C20H25N5O4S/c1-11-18(12(2)29-24-11)13-9-15-19(23-20(22-15)21-8-7-17(26)27)16(10-13)30(28)25-14-5-3-4-6-14/h9-10,14,25H,3-8H2,1-2H3,(H,26,27)(H2,21,22,23). The summed E-state index contributed by atoms with van der Waals surface area (Å²) in [7, 11) is -1.44. The fourth-order valence-electron chi connectivity index (χ4n) is 3.90. The van der Waals surface area contributed by atoms with Gasteiger partial charge in [0.05, 0.1) is 22.5 Å². The number of H-pyrrole nitrogens is 1. The number of imidazole rings is 1. The fraction of sp³-hybridized carbons (Fsp3) is 0.450. The molecule has 1 saturated carbocycles. The third-order valence-electron chi connectivity index (χ3n) is 5.33. The molecule has 10 heteroatoms. The van der Waals surface area contributed by atoms with Crippen LogP contribution in [0.2, 0.25) is 0 Å². The van der Waals surface area contributed by atoms with Crippen LogP contribution in [0.1, 0.15) is 43.6 Å². The van der Waals surface area contributed by atoms with Gasteiger partial charge in [0.1, 0.15) is 22.3 Å². The molecule has 0 saturated heterocycles. The number of aryl methyl sites for hydroxylation is 2. The molecule has 160 valence electrons. The van der Waals surface area contributed by atoms with Crippen LogP contribution < -0.4 is 10.0 Å². The number of aromatic nitrogens is 3. The maximum Gasteiger partial charge on any atom is 0.305 e. The fourth-order valence-corrected chi connectivity index (χ4v) is 5.13. The molecule has 0 bridgehead atoms. The molecule has 1 aliphatic rings. The number of anilines is 1. The van der Waals surface area contributed by atoms with Crippen molar-refractivity contribution in [2.24, 2.45) is 0 Å². The number of aliphatic carboxylic acids is 1. The summed E-state index contributed by atoms with van der Waals surface area (Å²) in [4.78, 5) is 19.1. The molecule has 1 atom stereocenters. The van der Waals surface area contributed by atoms with Gasteiger partial charge in [0, 0.05) is 18.2 Å². The Labute approximate surface area is 176 Å². The maximum absolute atomic E-state index is 13.2. The first-order chi connectivity index (χ1) is 14.4. The van der Waals surface area contributed by atoms with Crippen molar-refractivity contribution < 1.29 is 18.6 Å². The van der Waals surface area contributed by atoms with E-state index < -0.39 is 17.0 Å². The van der Waals surface area contributed by atoms with Crippen LogP contribution in [0.25, 0.3) is 22.2 Å². The first kappa shape index (κ1) is 20.5. The highest BCUT2D eigenvalue weighted by atomic mass is 32.2. The lowest BCUT2D eigenvalue weighted by Crippen LogP contribution is -2.28. The van der Waals surface area contributed by atoms with E-state index in [-0.39, 0.29) is 19.0 Å². The van der Waals surface area contributed by atoms with Gasteiger partial charge in [-0.3, -0.25) is 4.79 Å². The summed E-state index contributed by atoms with van der Waals surface area (Å²) >= 11 is 0. The van der Waals surface area contributed by atoms with Crippen molar-refractivity contribution in [1.29, 1.82) is 0 Å². The number of fused-ring (bicyclic) bond motifs is 1. The number of hydrogen-bond acceptors (Lipinski definition) is 6. The molecular formula is C20H25N5O4S. The molecule has 1 unspecified atom stereocenters. The SMILES string of the molecule is Cc1noc(C)c1-c1cc(S(=O)NC2CCCC2)c2nc(NCCC(=O)O)[nH]c2c1. The molecule has 1 fully saturated rings. The first-order valence-corrected chi connectivity index (χ1v) is 11.2. The van der Waals surface area contributed by atoms with Gasteiger partial charge in [-0.05, 0) is 44.4 Å². The lowest BCUT2D eigenvalue weighted by Gasteiger charge is -2.12. The van der Waals surface area contributed by atoms with E-state index in [1.54, 1.807) is 0 Å². The van der Waals surface area contributed by atoms with E-state index in [9.17, 15) is 9.00 Å². The van der Waals surface area contributed by atoms with E-state index in [0.717, 1.165) is 42.5 Å². The summed E-state index contributed by atoms with van der Waals surface area (Å²) in [6.45, 7) is 3.96. The number of carboxylic acid groups (broad SMARTS) is 1. The Morgan fingerprint density at radius 2 is 2.10 bits per heavy atom. The molecule has 0 aliphatic heterocycles. The Balaban J connectivity index is 1.74. The van der Waals surface area contributed by atoms with Gasteiger partial charge in [-0.25, -0.2) is 13.9 Å². The normalized spacial score (nSPS) is 15.7. The van der Waals surface area contributed by atoms with Crippen molar-refractivity contribution in [3.63, 3.8) is 0 Å². The van der Waals surface area contributed by atoms with Gasteiger partial charge in [0.2, 0.25) is 5.95 Å². The van der Waals surface area contributed by atoms with Gasteiger partial charge in [-0.15, -0.1) is 0 Å². The molecule has 4 N–H and O–H groups in total. The van der Waals surface area contributed by atoms with Crippen molar-refractivity contribution in [1.82, 2.24) is 19.8 Å². The van der Waals surface area contributed by atoms with Crippen LogP contribution in [0.5, 0.6) is 0 Å². The third-order valence-corrected chi connectivity index (χ3v) is 6.59. The number of benzene rings is 1. The number of hydrogen-bond donors (Lipinski definition) is 4. The zero-order chi connectivity index (χ0) is 21.3. The highest BCUT2D eigenvalue weighted by molar-refractivity contribution is 7.83. The third kappa shape index (κ3) is 4.24. The highest BCUT2D eigenvalue weighted by Crippen LogP contribution is 2.33. The van der Waals surface area contributed by atoms with E-state index in [1.165, 1.54) is 0 Å². The van der Waals surface area contributed by atoms with E-state index in [4.69, 9.17) is 9.63 Å². The second-order valence-corrected chi connectivity index (χ2v) is 8.81. The average molecular weight is 432 g/mol. The van der Waals surface area contributed by atoms with E-state index >= 15 is 0 Å². The molecule has 0 radical (unpaired) electrons. The lowest BCUT2D eigenvalue weighted by molar-refractivity contribution is -0.136. The van der Waals surface area contributed by atoms with Crippen LogP contribution in [-0.4, -0.2) is 43.0 Å². The predicted octanol–water partition coefficient (Wildman–Crippen LogP) is 3.28. The summed E-state index contributed by atoms with van der Waals surface area (Å²) in [5, 5.41) is 15.9. The van der Waals surface area contributed by atoms with Crippen LogP contribution in [0.15, 0.2) is 21.6 Å². The summed E-state index contributed by atoms with van der Waals surface area (Å²) in [5.74, 6) is 0.245. The largest absolute Gasteiger partial charge is 0.481 e. The summed E-state index contributed by atoms with van der Waals surface area (Å²) in [6.07, 6.45) is 4.29. The Morgan fingerprint density at radius 3 is 2.77 bits per heavy atom. The molecule has 30 heavy (non-hydrogen) atoms. The Morgan fingerprint density at radius 1 is 1.33 bits per heavy atom. The van der Waals surface area contributed by atoms with Crippen LogP contribution in [-0.2, 0) is 15.8 Å². The number of carbonyl (C=O) groups is 1. The van der Waals surface area contributed by atoms with Crippen molar-refractivity contribution >= 4 is 33.9 Å². The summed E-state index contributed by atoms with van der Waals surface area (Å²) in [6, 6.07) is 4.03. The van der Waals surface area contributed by atoms with Crippen molar-refractivity contribution in [3.8, 4) is 11.1 Å². The maximum atomic E-state index is 13.2. The van der Waals surface area contributed by atoms with Gasteiger partial charge < -0.3 is 19.9 Å². The van der Waals surface area contributed by atoms with Crippen molar-refractivity contribution in [2.45, 2.75) is 56.9 Å². The second-order valence-electron chi connectivity index (χ2n) is 7.59. The minimum Gasteiger partial charge on any atom is -0.481 e. The van der Waals surface area contributed by atoms with Crippen LogP contribution >= 0.6 is 0 Å². The number of nitrogens with one attached hydrogen (secondary N) is 3. The smallest absolute Gasteiger partial charge is 0.305 e. The molecule has 0 spiro atoms. The molecule has 1 aromatic carbocycles. The number of nitrogens with zero attached hydrogens (tertiary/aromatic N) is 2. The van der Waals surface area contributed by atoms with Gasteiger partial charge in [-0.1, -0.05) is 18.0 Å². The minimum atomic E-state index is -1.44. The van der Waals surface area contributed by atoms with E-state index in [2.05, 4.69) is 25.2 Å². The quantitative estimate of drug-likeness (QED) is 0.430. The molecule has 1 aliphatic carbocycles. The molecule has 9 nitrogen and oxygen atoms in total. The first-order valence-electron chi connectivity index (χ1n) is 10.0. The zero-order valence-corrected chi connectivity index (χ0v) is 17.8. The molecule has 2 heterocycles. The van der Waals surface area contributed by atoms with Gasteiger partial charge in [0.15, 0.2) is 0 Å². The Hall–Kier alpha value is -2.72. The summed E-state index contributed by atoms with van der Waals surface area (Å²) in [5.41, 5.74) is 3.77. The zero-order valence-electron chi connectivity index (χ0n) is 16.9. The number of carboxylic acids is 1. The van der Waals surface area contributed by atoms with E-state index in [1.807, 2.05) is 26.0 Å². The average Bonchev–Trinajstić information content (AvgIpc) is 3.41. The van der Waals surface area contributed by atoms with Crippen LogP contribution in [0.3, 0.4) is 0 Å².